The minimum absolute atomic E-state index is 0.184. The van der Waals surface area contributed by atoms with Gasteiger partial charge in [0.1, 0.15) is 5.75 Å². The number of rotatable bonds is 5. The summed E-state index contributed by atoms with van der Waals surface area (Å²) in [4.78, 5) is 42.4. The van der Waals surface area contributed by atoms with Crippen LogP contribution in [0.3, 0.4) is 0 Å². The molecule has 2 aliphatic rings. The van der Waals surface area contributed by atoms with Crippen LogP contribution in [0, 0.1) is 0 Å². The Hall–Kier alpha value is -3.03. The molecule has 2 aromatic carbocycles. The number of hydrogen-bond acceptors (Lipinski definition) is 6. The van der Waals surface area contributed by atoms with Crippen molar-refractivity contribution in [1.29, 1.82) is 0 Å². The van der Waals surface area contributed by atoms with Crippen LogP contribution in [0.15, 0.2) is 54.6 Å². The fraction of sp³-hybridized carbons (Fsp3) is 0.348. The molecular formula is C23H25N3O4. The van der Waals surface area contributed by atoms with Gasteiger partial charge in [0.2, 0.25) is 5.91 Å². The zero-order valence-corrected chi connectivity index (χ0v) is 17.0. The summed E-state index contributed by atoms with van der Waals surface area (Å²) >= 11 is 0. The summed E-state index contributed by atoms with van der Waals surface area (Å²) in [6.45, 7) is 5.47. The molecule has 7 heteroatoms. The number of ether oxygens (including phenoxy) is 1. The Labute approximate surface area is 175 Å². The van der Waals surface area contributed by atoms with E-state index in [1.807, 2.05) is 18.2 Å². The molecule has 156 valence electrons. The first-order chi connectivity index (χ1) is 14.5. The second-order valence-corrected chi connectivity index (χ2v) is 7.67. The lowest BCUT2D eigenvalue weighted by atomic mass is 10.1. The molecule has 0 N–H and O–H groups in total. The Morgan fingerprint density at radius 1 is 0.967 bits per heavy atom. The van der Waals surface area contributed by atoms with Gasteiger partial charge in [0.25, 0.3) is 5.91 Å². The Bertz CT molecular complexity index is 921. The molecule has 0 spiro atoms. The Kier molecular flexibility index (Phi) is 5.92. The number of amides is 2. The highest BCUT2D eigenvalue weighted by Gasteiger charge is 2.43. The molecular weight excluding hydrogens is 382 g/mol. The van der Waals surface area contributed by atoms with E-state index in [2.05, 4.69) is 21.9 Å². The topological polar surface area (TPSA) is 70.2 Å². The van der Waals surface area contributed by atoms with Crippen LogP contribution < -0.4 is 9.64 Å². The molecule has 30 heavy (non-hydrogen) atoms. The first-order valence-electron chi connectivity index (χ1n) is 10.2. The van der Waals surface area contributed by atoms with Crippen LogP contribution in [0.1, 0.15) is 18.9 Å². The Balaban J connectivity index is 1.37. The predicted molar refractivity (Wildman–Crippen MR) is 112 cm³/mol. The van der Waals surface area contributed by atoms with Crippen LogP contribution in [0.4, 0.5) is 5.69 Å². The average Bonchev–Trinajstić information content (AvgIpc) is 3.04. The van der Waals surface area contributed by atoms with Gasteiger partial charge in [-0.3, -0.25) is 24.2 Å². The molecule has 1 atom stereocenters. The Morgan fingerprint density at radius 3 is 2.27 bits per heavy atom. The smallest absolute Gasteiger partial charge is 0.308 e. The highest BCUT2D eigenvalue weighted by Crippen LogP contribution is 2.28. The van der Waals surface area contributed by atoms with Crippen molar-refractivity contribution in [2.75, 3.05) is 31.1 Å². The van der Waals surface area contributed by atoms with E-state index in [-0.39, 0.29) is 18.2 Å². The maximum Gasteiger partial charge on any atom is 0.308 e. The van der Waals surface area contributed by atoms with Gasteiger partial charge in [-0.1, -0.05) is 30.3 Å². The summed E-state index contributed by atoms with van der Waals surface area (Å²) in [5, 5.41) is 0. The first kappa shape index (κ1) is 20.3. The fourth-order valence-corrected chi connectivity index (χ4v) is 4.08. The van der Waals surface area contributed by atoms with Crippen LogP contribution in [0.5, 0.6) is 5.75 Å². The van der Waals surface area contributed by atoms with Gasteiger partial charge in [-0.25, -0.2) is 4.90 Å². The number of esters is 1. The number of benzene rings is 2. The van der Waals surface area contributed by atoms with Crippen LogP contribution in [-0.4, -0.2) is 59.8 Å². The van der Waals surface area contributed by atoms with Gasteiger partial charge >= 0.3 is 5.97 Å². The molecule has 1 unspecified atom stereocenters. The number of anilines is 1. The molecule has 2 heterocycles. The minimum atomic E-state index is -0.414. The number of nitrogens with zero attached hydrogens (tertiary/aromatic N) is 3. The van der Waals surface area contributed by atoms with E-state index in [1.54, 1.807) is 24.3 Å². The lowest BCUT2D eigenvalue weighted by Gasteiger charge is -2.37. The summed E-state index contributed by atoms with van der Waals surface area (Å²) in [6.07, 6.45) is 0.198. The molecule has 2 fully saturated rings. The SMILES string of the molecule is CC(=O)Oc1ccc(N2C(=O)CC(N3CCN(Cc4ccccc4)CC3)C2=O)cc1. The molecule has 0 saturated carbocycles. The predicted octanol–water partition coefficient (Wildman–Crippen LogP) is 2.06. The molecule has 2 aromatic rings. The second kappa shape index (κ2) is 8.77. The summed E-state index contributed by atoms with van der Waals surface area (Å²) in [5.41, 5.74) is 1.78. The van der Waals surface area contributed by atoms with E-state index in [4.69, 9.17) is 4.74 Å². The maximum absolute atomic E-state index is 13.0. The van der Waals surface area contributed by atoms with E-state index in [1.165, 1.54) is 17.4 Å². The molecule has 0 radical (unpaired) electrons. The number of imide groups is 1. The van der Waals surface area contributed by atoms with Gasteiger partial charge in [0.05, 0.1) is 18.2 Å². The lowest BCUT2D eigenvalue weighted by Crippen LogP contribution is -2.52. The van der Waals surface area contributed by atoms with Crippen LogP contribution >= 0.6 is 0 Å². The van der Waals surface area contributed by atoms with E-state index in [0.29, 0.717) is 11.4 Å². The molecule has 4 rings (SSSR count). The van der Waals surface area contributed by atoms with Crippen molar-refractivity contribution in [3.8, 4) is 5.75 Å². The number of hydrogen-bond donors (Lipinski definition) is 0. The van der Waals surface area contributed by atoms with Crippen molar-refractivity contribution in [3.63, 3.8) is 0 Å². The maximum atomic E-state index is 13.0. The molecule has 0 aromatic heterocycles. The zero-order chi connectivity index (χ0) is 21.1. The van der Waals surface area contributed by atoms with Crippen LogP contribution in [-0.2, 0) is 20.9 Å². The van der Waals surface area contributed by atoms with Crippen molar-refractivity contribution in [3.05, 3.63) is 60.2 Å². The van der Waals surface area contributed by atoms with Gasteiger partial charge in [-0.2, -0.15) is 0 Å². The largest absolute Gasteiger partial charge is 0.427 e. The standard InChI is InChI=1S/C23H25N3O4/c1-17(27)30-20-9-7-19(8-10-20)26-22(28)15-21(23(26)29)25-13-11-24(12-14-25)16-18-5-3-2-4-6-18/h2-10,21H,11-16H2,1H3. The van der Waals surface area contributed by atoms with Crippen molar-refractivity contribution in [1.82, 2.24) is 9.80 Å². The second-order valence-electron chi connectivity index (χ2n) is 7.67. The highest BCUT2D eigenvalue weighted by atomic mass is 16.5. The number of carbonyl (C=O) groups excluding carboxylic acids is 3. The monoisotopic (exact) mass is 407 g/mol. The molecule has 0 bridgehead atoms. The van der Waals surface area contributed by atoms with Crippen molar-refractivity contribution < 1.29 is 19.1 Å². The van der Waals surface area contributed by atoms with Gasteiger partial charge in [-0.15, -0.1) is 0 Å². The zero-order valence-electron chi connectivity index (χ0n) is 17.0. The van der Waals surface area contributed by atoms with Crippen molar-refractivity contribution >= 4 is 23.5 Å². The molecule has 2 amide bonds. The lowest BCUT2D eigenvalue weighted by molar-refractivity contribution is -0.132. The molecule has 0 aliphatic carbocycles. The minimum Gasteiger partial charge on any atom is -0.427 e. The van der Waals surface area contributed by atoms with Gasteiger partial charge < -0.3 is 4.74 Å². The average molecular weight is 407 g/mol. The van der Waals surface area contributed by atoms with Gasteiger partial charge in [0.15, 0.2) is 0 Å². The summed E-state index contributed by atoms with van der Waals surface area (Å²) in [5.74, 6) is -0.410. The van der Waals surface area contributed by atoms with Gasteiger partial charge in [0, 0.05) is 39.6 Å². The van der Waals surface area contributed by atoms with E-state index in [0.717, 1.165) is 32.7 Å². The normalized spacial score (nSPS) is 20.6. The first-order valence-corrected chi connectivity index (χ1v) is 10.2. The third-order valence-electron chi connectivity index (χ3n) is 5.58. The summed E-state index contributed by atoms with van der Waals surface area (Å²) < 4.78 is 5.01. The van der Waals surface area contributed by atoms with E-state index >= 15 is 0 Å². The molecule has 2 aliphatic heterocycles. The quantitative estimate of drug-likeness (QED) is 0.429. The van der Waals surface area contributed by atoms with E-state index < -0.39 is 12.0 Å². The van der Waals surface area contributed by atoms with Crippen LogP contribution in [0.2, 0.25) is 0 Å². The summed E-state index contributed by atoms with van der Waals surface area (Å²) in [6, 6.07) is 16.4. The van der Waals surface area contributed by atoms with E-state index in [9.17, 15) is 14.4 Å². The molecule has 2 saturated heterocycles. The highest BCUT2D eigenvalue weighted by molar-refractivity contribution is 6.22. The third-order valence-corrected chi connectivity index (χ3v) is 5.58. The van der Waals surface area contributed by atoms with Gasteiger partial charge in [-0.05, 0) is 29.8 Å². The third kappa shape index (κ3) is 4.42. The van der Waals surface area contributed by atoms with Crippen LogP contribution in [0.25, 0.3) is 0 Å². The summed E-state index contributed by atoms with van der Waals surface area (Å²) in [7, 11) is 0. The number of carbonyl (C=O) groups is 3. The van der Waals surface area contributed by atoms with Crippen molar-refractivity contribution in [2.24, 2.45) is 0 Å². The number of piperazine rings is 1. The molecule has 7 nitrogen and oxygen atoms in total. The fourth-order valence-electron chi connectivity index (χ4n) is 4.08. The van der Waals surface area contributed by atoms with Crippen molar-refractivity contribution in [2.45, 2.75) is 25.9 Å². The Morgan fingerprint density at radius 2 is 1.63 bits per heavy atom.